The van der Waals surface area contributed by atoms with Crippen molar-refractivity contribution >= 4 is 0 Å². The number of hydrogen-bond donors (Lipinski definition) is 1. The van der Waals surface area contributed by atoms with E-state index < -0.39 is 0 Å². The van der Waals surface area contributed by atoms with Crippen LogP contribution in [0.2, 0.25) is 0 Å². The van der Waals surface area contributed by atoms with Gasteiger partial charge in [0.1, 0.15) is 0 Å². The van der Waals surface area contributed by atoms with Crippen LogP contribution in [0.25, 0.3) is 0 Å². The van der Waals surface area contributed by atoms with E-state index in [2.05, 4.69) is 32.6 Å². The fourth-order valence-corrected chi connectivity index (χ4v) is 1.68. The van der Waals surface area contributed by atoms with Gasteiger partial charge in [-0.25, -0.2) is 0 Å². The van der Waals surface area contributed by atoms with Crippen LogP contribution in [0.3, 0.4) is 0 Å². The molecule has 1 heteroatoms. The average Bonchev–Trinajstić information content (AvgIpc) is 2.55. The summed E-state index contributed by atoms with van der Waals surface area (Å²) in [6.07, 6.45) is 5.52. The second kappa shape index (κ2) is 4.84. The second-order valence-corrected chi connectivity index (χ2v) is 5.39. The standard InChI is InChI=1S/C13H22O/c1-13(2,3)12(14)10-6-9-11-7-4-5-8-11/h11-12,14H,4-5,7-8,10H2,1-3H3. The first-order valence-electron chi connectivity index (χ1n) is 5.66. The van der Waals surface area contributed by atoms with Crippen molar-refractivity contribution < 1.29 is 5.11 Å². The van der Waals surface area contributed by atoms with E-state index in [0.29, 0.717) is 12.3 Å². The zero-order valence-corrected chi connectivity index (χ0v) is 9.64. The fraction of sp³-hybridized carbons (Fsp3) is 0.846. The molecule has 1 fully saturated rings. The monoisotopic (exact) mass is 194 g/mol. The highest BCUT2D eigenvalue weighted by Gasteiger charge is 2.20. The van der Waals surface area contributed by atoms with Crippen molar-refractivity contribution in [1.29, 1.82) is 0 Å². The van der Waals surface area contributed by atoms with Crippen LogP contribution in [0.5, 0.6) is 0 Å². The smallest absolute Gasteiger partial charge is 0.0697 e. The molecule has 1 aliphatic carbocycles. The minimum Gasteiger partial charge on any atom is -0.392 e. The second-order valence-electron chi connectivity index (χ2n) is 5.39. The molecular formula is C13H22O. The van der Waals surface area contributed by atoms with E-state index in [9.17, 15) is 5.11 Å². The first-order chi connectivity index (χ1) is 6.50. The van der Waals surface area contributed by atoms with Gasteiger partial charge in [-0.1, -0.05) is 39.5 Å². The summed E-state index contributed by atoms with van der Waals surface area (Å²) in [5.74, 6) is 7.02. The van der Waals surface area contributed by atoms with Gasteiger partial charge in [-0.05, 0) is 18.3 Å². The molecule has 0 aromatic carbocycles. The summed E-state index contributed by atoms with van der Waals surface area (Å²) in [6, 6.07) is 0. The lowest BCUT2D eigenvalue weighted by atomic mass is 9.87. The molecule has 80 valence electrons. The first kappa shape index (κ1) is 11.6. The molecule has 0 bridgehead atoms. The van der Waals surface area contributed by atoms with Gasteiger partial charge in [0.15, 0.2) is 0 Å². The number of hydrogen-bond acceptors (Lipinski definition) is 1. The minimum atomic E-state index is -0.295. The molecule has 1 nitrogen and oxygen atoms in total. The topological polar surface area (TPSA) is 20.2 Å². The Bertz CT molecular complexity index is 220. The van der Waals surface area contributed by atoms with E-state index >= 15 is 0 Å². The highest BCUT2D eigenvalue weighted by atomic mass is 16.3. The van der Waals surface area contributed by atoms with Crippen LogP contribution in [0, 0.1) is 23.2 Å². The molecule has 1 aliphatic rings. The molecule has 0 amide bonds. The normalized spacial score (nSPS) is 20.3. The Hall–Kier alpha value is -0.480. The van der Waals surface area contributed by atoms with Crippen molar-refractivity contribution in [2.24, 2.45) is 11.3 Å². The Morgan fingerprint density at radius 2 is 1.86 bits per heavy atom. The summed E-state index contributed by atoms with van der Waals surface area (Å²) >= 11 is 0. The van der Waals surface area contributed by atoms with Gasteiger partial charge < -0.3 is 5.11 Å². The first-order valence-corrected chi connectivity index (χ1v) is 5.66. The van der Waals surface area contributed by atoms with E-state index in [1.807, 2.05) is 0 Å². The van der Waals surface area contributed by atoms with Crippen LogP contribution in [-0.2, 0) is 0 Å². The average molecular weight is 194 g/mol. The van der Waals surface area contributed by atoms with Crippen molar-refractivity contribution in [3.63, 3.8) is 0 Å². The van der Waals surface area contributed by atoms with Gasteiger partial charge in [0.05, 0.1) is 6.10 Å². The molecule has 0 heterocycles. The maximum Gasteiger partial charge on any atom is 0.0697 e. The molecular weight excluding hydrogens is 172 g/mol. The van der Waals surface area contributed by atoms with E-state index in [1.54, 1.807) is 0 Å². The summed E-state index contributed by atoms with van der Waals surface area (Å²) in [5.41, 5.74) is -0.0373. The summed E-state index contributed by atoms with van der Waals surface area (Å²) in [4.78, 5) is 0. The fourth-order valence-electron chi connectivity index (χ4n) is 1.68. The van der Waals surface area contributed by atoms with Crippen molar-refractivity contribution in [3.8, 4) is 11.8 Å². The third kappa shape index (κ3) is 3.72. The largest absolute Gasteiger partial charge is 0.392 e. The van der Waals surface area contributed by atoms with Crippen molar-refractivity contribution in [1.82, 2.24) is 0 Å². The lowest BCUT2D eigenvalue weighted by Gasteiger charge is -2.23. The predicted molar refractivity (Wildman–Crippen MR) is 59.8 cm³/mol. The summed E-state index contributed by atoms with van der Waals surface area (Å²) in [5, 5.41) is 9.76. The molecule has 1 saturated carbocycles. The van der Waals surface area contributed by atoms with Gasteiger partial charge in [0.2, 0.25) is 0 Å². The van der Waals surface area contributed by atoms with Gasteiger partial charge in [-0.2, -0.15) is 0 Å². The maximum atomic E-state index is 9.76. The number of rotatable bonds is 1. The van der Waals surface area contributed by atoms with Crippen LogP contribution in [0.15, 0.2) is 0 Å². The van der Waals surface area contributed by atoms with Crippen molar-refractivity contribution in [2.45, 2.75) is 59.0 Å². The molecule has 0 aromatic rings. The molecule has 1 rings (SSSR count). The third-order valence-corrected chi connectivity index (χ3v) is 2.96. The van der Waals surface area contributed by atoms with Gasteiger partial charge in [-0.15, -0.1) is 5.92 Å². The maximum absolute atomic E-state index is 9.76. The number of aliphatic hydroxyl groups is 1. The molecule has 14 heavy (non-hydrogen) atoms. The molecule has 0 aromatic heterocycles. The van der Waals surface area contributed by atoms with Crippen LogP contribution in [0.1, 0.15) is 52.9 Å². The quantitative estimate of drug-likeness (QED) is 0.636. The van der Waals surface area contributed by atoms with Crippen LogP contribution in [0.4, 0.5) is 0 Å². The van der Waals surface area contributed by atoms with Crippen molar-refractivity contribution in [2.75, 3.05) is 0 Å². The van der Waals surface area contributed by atoms with Crippen molar-refractivity contribution in [3.05, 3.63) is 0 Å². The SMILES string of the molecule is CC(C)(C)C(O)CC#CC1CCCC1. The van der Waals surface area contributed by atoms with Crippen LogP contribution >= 0.6 is 0 Å². The summed E-state index contributed by atoms with van der Waals surface area (Å²) in [7, 11) is 0. The summed E-state index contributed by atoms with van der Waals surface area (Å²) in [6.45, 7) is 6.15. The van der Waals surface area contributed by atoms with Crippen LogP contribution in [-0.4, -0.2) is 11.2 Å². The molecule has 0 radical (unpaired) electrons. The Labute approximate surface area is 87.9 Å². The molecule has 0 saturated heterocycles. The van der Waals surface area contributed by atoms with Crippen LogP contribution < -0.4 is 0 Å². The van der Waals surface area contributed by atoms with E-state index in [1.165, 1.54) is 25.7 Å². The molecule has 1 unspecified atom stereocenters. The minimum absolute atomic E-state index is 0.0373. The lowest BCUT2D eigenvalue weighted by Crippen LogP contribution is -2.25. The lowest BCUT2D eigenvalue weighted by molar-refractivity contribution is 0.0677. The molecule has 0 aliphatic heterocycles. The van der Waals surface area contributed by atoms with E-state index in [0.717, 1.165) is 0 Å². The zero-order valence-electron chi connectivity index (χ0n) is 9.64. The van der Waals surface area contributed by atoms with E-state index in [-0.39, 0.29) is 11.5 Å². The highest BCUT2D eigenvalue weighted by Crippen LogP contribution is 2.24. The Kier molecular flexibility index (Phi) is 4.01. The Balaban J connectivity index is 2.31. The summed E-state index contributed by atoms with van der Waals surface area (Å²) < 4.78 is 0. The third-order valence-electron chi connectivity index (χ3n) is 2.96. The molecule has 0 spiro atoms. The van der Waals surface area contributed by atoms with Gasteiger partial charge in [0, 0.05) is 12.3 Å². The molecule has 1 atom stereocenters. The highest BCUT2D eigenvalue weighted by molar-refractivity contribution is 5.06. The van der Waals surface area contributed by atoms with Gasteiger partial charge in [0.25, 0.3) is 0 Å². The zero-order chi connectivity index (χ0) is 10.6. The molecule has 1 N–H and O–H groups in total. The Morgan fingerprint density at radius 1 is 1.29 bits per heavy atom. The van der Waals surface area contributed by atoms with Gasteiger partial charge in [-0.3, -0.25) is 0 Å². The van der Waals surface area contributed by atoms with E-state index in [4.69, 9.17) is 0 Å². The number of aliphatic hydroxyl groups excluding tert-OH is 1. The Morgan fingerprint density at radius 3 is 2.36 bits per heavy atom. The van der Waals surface area contributed by atoms with Gasteiger partial charge >= 0.3 is 0 Å². The predicted octanol–water partition coefficient (Wildman–Crippen LogP) is 2.98.